The maximum Gasteiger partial charge on any atom is 0.299 e. The molecule has 20 heavy (non-hydrogen) atoms. The van der Waals surface area contributed by atoms with Gasteiger partial charge in [0.25, 0.3) is 5.56 Å². The number of aromatic nitrogens is 2. The van der Waals surface area contributed by atoms with Gasteiger partial charge in [-0.3, -0.25) is 4.79 Å². The molecule has 1 aliphatic rings. The first kappa shape index (κ1) is 13.1. The minimum absolute atomic E-state index is 0.200. The van der Waals surface area contributed by atoms with Crippen LogP contribution in [-0.2, 0) is 6.54 Å². The van der Waals surface area contributed by atoms with E-state index in [1.54, 1.807) is 0 Å². The number of hydrogen-bond donors (Lipinski definition) is 2. The van der Waals surface area contributed by atoms with Gasteiger partial charge in [-0.1, -0.05) is 41.6 Å². The number of nitrogens with one attached hydrogen (secondary N) is 2. The van der Waals surface area contributed by atoms with Gasteiger partial charge in [-0.2, -0.15) is 4.98 Å². The minimum Gasteiger partial charge on any atom is -0.360 e. The highest BCUT2D eigenvalue weighted by Gasteiger charge is 2.20. The van der Waals surface area contributed by atoms with Crippen LogP contribution in [0, 0.1) is 6.92 Å². The van der Waals surface area contributed by atoms with Gasteiger partial charge in [0.15, 0.2) is 5.16 Å². The molecule has 0 saturated carbocycles. The maximum atomic E-state index is 11.9. The maximum absolute atomic E-state index is 11.9. The third-order valence-electron chi connectivity index (χ3n) is 3.31. The zero-order chi connectivity index (χ0) is 14.1. The van der Waals surface area contributed by atoms with Crippen LogP contribution in [0.2, 0.25) is 0 Å². The topological polar surface area (TPSA) is 59.0 Å². The Morgan fingerprint density at radius 3 is 2.75 bits per heavy atom. The fourth-order valence-electron chi connectivity index (χ4n) is 2.27. The predicted molar refractivity (Wildman–Crippen MR) is 82.7 cm³/mol. The fourth-order valence-corrected chi connectivity index (χ4v) is 2.82. The molecule has 0 spiro atoms. The van der Waals surface area contributed by atoms with E-state index in [9.17, 15) is 4.79 Å². The van der Waals surface area contributed by atoms with Crippen LogP contribution in [0.5, 0.6) is 0 Å². The molecule has 104 valence electrons. The summed E-state index contributed by atoms with van der Waals surface area (Å²) in [5, 5.41) is 6.98. The Hall–Kier alpha value is -1.95. The molecular formula is C14H16N4OS. The van der Waals surface area contributed by atoms with Crippen molar-refractivity contribution in [2.45, 2.75) is 18.6 Å². The zero-order valence-corrected chi connectivity index (χ0v) is 12.3. The number of aryl methyl sites for hydroxylation is 1. The van der Waals surface area contributed by atoms with Gasteiger partial charge >= 0.3 is 0 Å². The lowest BCUT2D eigenvalue weighted by molar-refractivity contribution is 0.678. The summed E-state index contributed by atoms with van der Waals surface area (Å²) in [6.45, 7) is 3.33. The van der Waals surface area contributed by atoms with Crippen LogP contribution in [0.3, 0.4) is 0 Å². The molecule has 2 aromatic rings. The Morgan fingerprint density at radius 2 is 2.05 bits per heavy atom. The second-order valence-electron chi connectivity index (χ2n) is 4.73. The molecule has 0 aliphatic carbocycles. The number of thioether (sulfide) groups is 1. The van der Waals surface area contributed by atoms with Crippen molar-refractivity contribution < 1.29 is 0 Å². The number of benzene rings is 1. The minimum atomic E-state index is -0.200. The molecule has 0 unspecified atom stereocenters. The van der Waals surface area contributed by atoms with E-state index in [4.69, 9.17) is 0 Å². The Bertz CT molecular complexity index is 694. The van der Waals surface area contributed by atoms with E-state index in [2.05, 4.69) is 46.8 Å². The monoisotopic (exact) mass is 288 g/mol. The van der Waals surface area contributed by atoms with Crippen LogP contribution in [0.25, 0.3) is 0 Å². The summed E-state index contributed by atoms with van der Waals surface area (Å²) in [7, 11) is 0. The van der Waals surface area contributed by atoms with E-state index in [-0.39, 0.29) is 5.56 Å². The summed E-state index contributed by atoms with van der Waals surface area (Å²) in [5.41, 5.74) is 2.79. The molecule has 0 bridgehead atoms. The number of hydrogen-bond acceptors (Lipinski definition) is 5. The molecule has 3 rings (SSSR count). The summed E-state index contributed by atoms with van der Waals surface area (Å²) in [6, 6.07) is 8.39. The van der Waals surface area contributed by atoms with Gasteiger partial charge in [0.05, 0.1) is 13.2 Å². The molecule has 2 heterocycles. The van der Waals surface area contributed by atoms with E-state index >= 15 is 0 Å². The lowest BCUT2D eigenvalue weighted by atomic mass is 10.1. The van der Waals surface area contributed by atoms with Crippen LogP contribution in [0.1, 0.15) is 11.1 Å². The Balaban J connectivity index is 2.06. The Kier molecular flexibility index (Phi) is 3.40. The van der Waals surface area contributed by atoms with Crippen molar-refractivity contribution in [1.82, 2.24) is 9.55 Å². The van der Waals surface area contributed by atoms with Gasteiger partial charge in [0.2, 0.25) is 0 Å². The predicted octanol–water partition coefficient (Wildman–Crippen LogP) is 2.12. The van der Waals surface area contributed by atoms with E-state index < -0.39 is 0 Å². The van der Waals surface area contributed by atoms with E-state index in [0.717, 1.165) is 11.0 Å². The van der Waals surface area contributed by atoms with Crippen LogP contribution in [-0.4, -0.2) is 22.5 Å². The van der Waals surface area contributed by atoms with Gasteiger partial charge in [-0.15, -0.1) is 0 Å². The average Bonchev–Trinajstić information content (AvgIpc) is 2.94. The molecule has 0 fully saturated rings. The smallest absolute Gasteiger partial charge is 0.299 e. The normalized spacial score (nSPS) is 12.7. The molecular weight excluding hydrogens is 272 g/mol. The highest BCUT2D eigenvalue weighted by Crippen LogP contribution is 2.27. The molecule has 5 nitrogen and oxygen atoms in total. The lowest BCUT2D eigenvalue weighted by Crippen LogP contribution is -2.18. The standard InChI is InChI=1S/C14H16N4OS/c1-9-3-5-10(6-4-9)7-18-12-11(15-8-16-12)13(19)17-14(18)20-2/h3-6,15-16H,7-8H2,1-2H3. The lowest BCUT2D eigenvalue weighted by Gasteiger charge is -2.15. The van der Waals surface area contributed by atoms with Crippen molar-refractivity contribution in [2.75, 3.05) is 23.6 Å². The average molecular weight is 288 g/mol. The van der Waals surface area contributed by atoms with Crippen molar-refractivity contribution in [3.05, 3.63) is 45.7 Å². The SMILES string of the molecule is CSc1nc(=O)c2c(n1Cc1ccc(C)cc1)NCN2. The zero-order valence-electron chi connectivity index (χ0n) is 11.4. The van der Waals surface area contributed by atoms with Gasteiger partial charge in [0.1, 0.15) is 11.5 Å². The molecule has 0 radical (unpaired) electrons. The summed E-state index contributed by atoms with van der Waals surface area (Å²) in [5.74, 6) is 0.829. The Labute approximate surface area is 121 Å². The largest absolute Gasteiger partial charge is 0.360 e. The van der Waals surface area contributed by atoms with Crippen LogP contribution in [0.15, 0.2) is 34.2 Å². The van der Waals surface area contributed by atoms with Crippen LogP contribution in [0.4, 0.5) is 11.5 Å². The van der Waals surface area contributed by atoms with E-state index in [1.165, 1.54) is 22.9 Å². The van der Waals surface area contributed by atoms with Crippen molar-refractivity contribution in [1.29, 1.82) is 0 Å². The third kappa shape index (κ3) is 2.27. The molecule has 6 heteroatoms. The summed E-state index contributed by atoms with van der Waals surface area (Å²) in [6.07, 6.45) is 1.93. The first-order valence-electron chi connectivity index (χ1n) is 6.41. The molecule has 1 aliphatic heterocycles. The molecule has 0 amide bonds. The van der Waals surface area contributed by atoms with Gasteiger partial charge in [-0.05, 0) is 18.7 Å². The number of anilines is 2. The quantitative estimate of drug-likeness (QED) is 0.669. The van der Waals surface area contributed by atoms with Crippen LogP contribution >= 0.6 is 11.8 Å². The van der Waals surface area contributed by atoms with E-state index in [1.807, 2.05) is 10.8 Å². The second kappa shape index (κ2) is 5.20. The van der Waals surface area contributed by atoms with Gasteiger partial charge < -0.3 is 15.2 Å². The number of rotatable bonds is 3. The molecule has 0 saturated heterocycles. The molecule has 0 atom stereocenters. The second-order valence-corrected chi connectivity index (χ2v) is 5.50. The highest BCUT2D eigenvalue weighted by atomic mass is 32.2. The van der Waals surface area contributed by atoms with Crippen molar-refractivity contribution in [3.8, 4) is 0 Å². The summed E-state index contributed by atoms with van der Waals surface area (Å²) < 4.78 is 2.05. The highest BCUT2D eigenvalue weighted by molar-refractivity contribution is 7.98. The molecule has 1 aromatic carbocycles. The third-order valence-corrected chi connectivity index (χ3v) is 3.99. The summed E-state index contributed by atoms with van der Waals surface area (Å²) in [4.78, 5) is 16.0. The number of nitrogens with zero attached hydrogens (tertiary/aromatic N) is 2. The number of fused-ring (bicyclic) bond motifs is 1. The summed E-state index contributed by atoms with van der Waals surface area (Å²) >= 11 is 1.48. The van der Waals surface area contributed by atoms with Crippen molar-refractivity contribution in [3.63, 3.8) is 0 Å². The van der Waals surface area contributed by atoms with Gasteiger partial charge in [-0.25, -0.2) is 0 Å². The van der Waals surface area contributed by atoms with Gasteiger partial charge in [0, 0.05) is 0 Å². The van der Waals surface area contributed by atoms with Crippen molar-refractivity contribution >= 4 is 23.3 Å². The first-order valence-corrected chi connectivity index (χ1v) is 7.63. The Morgan fingerprint density at radius 1 is 1.30 bits per heavy atom. The fraction of sp³-hybridized carbons (Fsp3) is 0.286. The van der Waals surface area contributed by atoms with Crippen LogP contribution < -0.4 is 16.2 Å². The first-order chi connectivity index (χ1) is 9.69. The molecule has 2 N–H and O–H groups in total. The van der Waals surface area contributed by atoms with E-state index in [0.29, 0.717) is 18.9 Å². The molecule has 1 aromatic heterocycles. The van der Waals surface area contributed by atoms with Crippen molar-refractivity contribution in [2.24, 2.45) is 0 Å².